The zero-order valence-corrected chi connectivity index (χ0v) is 20.5. The lowest BCUT2D eigenvalue weighted by molar-refractivity contribution is -0.138. The van der Waals surface area contributed by atoms with Crippen molar-refractivity contribution < 1.29 is 27.4 Å². The smallest absolute Gasteiger partial charge is 0.416 e. The maximum atomic E-state index is 13.9. The van der Waals surface area contributed by atoms with Crippen molar-refractivity contribution in [2.45, 2.75) is 25.6 Å². The van der Waals surface area contributed by atoms with Crippen molar-refractivity contribution in [2.24, 2.45) is 0 Å². The number of nitrogens with zero attached hydrogens (tertiary/aromatic N) is 4. The maximum absolute atomic E-state index is 13.9. The summed E-state index contributed by atoms with van der Waals surface area (Å²) in [6.07, 6.45) is -1.65. The minimum Gasteiger partial charge on any atom is -0.439 e. The number of carbonyl (C=O) groups is 1. The molecule has 3 heterocycles. The van der Waals surface area contributed by atoms with E-state index in [2.05, 4.69) is 15.3 Å². The SMILES string of the molecule is Nc1nccc(Oc2ccc3c(c2)CCCN3C(=O)Nc2ccc(CN3CCOCC3)c(C(F)(F)F)c2)n1. The van der Waals surface area contributed by atoms with Crippen molar-refractivity contribution in [1.82, 2.24) is 14.9 Å². The Labute approximate surface area is 217 Å². The number of aryl methyl sites for hydroxylation is 1. The van der Waals surface area contributed by atoms with Crippen LogP contribution in [0.15, 0.2) is 48.7 Å². The van der Waals surface area contributed by atoms with Gasteiger partial charge >= 0.3 is 12.2 Å². The first-order valence-electron chi connectivity index (χ1n) is 12.2. The minimum atomic E-state index is -4.55. The molecule has 0 aliphatic carbocycles. The lowest BCUT2D eigenvalue weighted by Crippen LogP contribution is -2.38. The van der Waals surface area contributed by atoms with E-state index in [4.69, 9.17) is 15.2 Å². The van der Waals surface area contributed by atoms with Crippen molar-refractivity contribution in [3.05, 3.63) is 65.4 Å². The van der Waals surface area contributed by atoms with Gasteiger partial charge in [0.25, 0.3) is 0 Å². The van der Waals surface area contributed by atoms with E-state index in [1.54, 1.807) is 18.2 Å². The van der Waals surface area contributed by atoms with Crippen LogP contribution in [0.4, 0.5) is 35.3 Å². The number of amides is 2. The molecular formula is C26H27F3N6O3. The normalized spacial score (nSPS) is 16.1. The molecule has 3 aromatic rings. The molecule has 9 nitrogen and oxygen atoms in total. The van der Waals surface area contributed by atoms with Crippen LogP contribution in [0.5, 0.6) is 11.6 Å². The fourth-order valence-corrected chi connectivity index (χ4v) is 4.63. The molecule has 0 atom stereocenters. The Morgan fingerprint density at radius 3 is 2.68 bits per heavy atom. The third kappa shape index (κ3) is 5.97. The lowest BCUT2D eigenvalue weighted by Gasteiger charge is -2.30. The Balaban J connectivity index is 1.32. The van der Waals surface area contributed by atoms with Gasteiger partial charge in [0.05, 0.1) is 18.8 Å². The Kier molecular flexibility index (Phi) is 7.34. The van der Waals surface area contributed by atoms with E-state index in [0.29, 0.717) is 56.6 Å². The number of urea groups is 1. The monoisotopic (exact) mass is 528 g/mol. The number of carbonyl (C=O) groups excluding carboxylic acids is 1. The molecule has 200 valence electrons. The summed E-state index contributed by atoms with van der Waals surface area (Å²) in [4.78, 5) is 24.5. The topological polar surface area (TPSA) is 106 Å². The molecule has 0 spiro atoms. The number of ether oxygens (including phenoxy) is 2. The van der Waals surface area contributed by atoms with Gasteiger partial charge in [0, 0.05) is 49.8 Å². The Bertz CT molecular complexity index is 1310. The third-order valence-corrected chi connectivity index (χ3v) is 6.45. The van der Waals surface area contributed by atoms with Gasteiger partial charge in [-0.15, -0.1) is 0 Å². The number of halogens is 3. The number of alkyl halides is 3. The molecule has 2 aromatic carbocycles. The average molecular weight is 529 g/mol. The molecule has 2 aliphatic rings. The van der Waals surface area contributed by atoms with Crippen LogP contribution in [0.2, 0.25) is 0 Å². The Morgan fingerprint density at radius 2 is 1.92 bits per heavy atom. The predicted octanol–water partition coefficient (Wildman–Crippen LogP) is 4.69. The number of nitrogens with one attached hydrogen (secondary N) is 1. The van der Waals surface area contributed by atoms with Crippen LogP contribution >= 0.6 is 0 Å². The van der Waals surface area contributed by atoms with Crippen LogP contribution in [0.25, 0.3) is 0 Å². The molecule has 38 heavy (non-hydrogen) atoms. The molecule has 1 aromatic heterocycles. The molecule has 0 unspecified atom stereocenters. The number of aromatic nitrogens is 2. The van der Waals surface area contributed by atoms with Gasteiger partial charge in [-0.05, 0) is 54.3 Å². The predicted molar refractivity (Wildman–Crippen MR) is 135 cm³/mol. The van der Waals surface area contributed by atoms with Crippen LogP contribution in [0.1, 0.15) is 23.1 Å². The van der Waals surface area contributed by atoms with Gasteiger partial charge in [0.15, 0.2) is 0 Å². The maximum Gasteiger partial charge on any atom is 0.416 e. The highest BCUT2D eigenvalue weighted by Gasteiger charge is 2.34. The summed E-state index contributed by atoms with van der Waals surface area (Å²) in [5.41, 5.74) is 6.64. The number of fused-ring (bicyclic) bond motifs is 1. The molecule has 12 heteroatoms. The fraction of sp³-hybridized carbons (Fsp3) is 0.346. The third-order valence-electron chi connectivity index (χ3n) is 6.45. The molecule has 2 aliphatic heterocycles. The second kappa shape index (κ2) is 10.8. The summed E-state index contributed by atoms with van der Waals surface area (Å²) >= 11 is 0. The number of nitrogen functional groups attached to an aromatic ring is 1. The van der Waals surface area contributed by atoms with Crippen LogP contribution in [0.3, 0.4) is 0 Å². The second-order valence-electron chi connectivity index (χ2n) is 9.09. The zero-order valence-electron chi connectivity index (χ0n) is 20.5. The van der Waals surface area contributed by atoms with E-state index < -0.39 is 17.8 Å². The molecule has 0 saturated carbocycles. The number of anilines is 3. The molecule has 1 fully saturated rings. The van der Waals surface area contributed by atoms with Crippen molar-refractivity contribution in [2.75, 3.05) is 48.8 Å². The molecule has 0 radical (unpaired) electrons. The first-order valence-corrected chi connectivity index (χ1v) is 12.2. The van der Waals surface area contributed by atoms with E-state index in [1.807, 2.05) is 11.0 Å². The second-order valence-corrected chi connectivity index (χ2v) is 9.09. The number of hydrogen-bond acceptors (Lipinski definition) is 7. The summed E-state index contributed by atoms with van der Waals surface area (Å²) in [5, 5.41) is 2.65. The first kappa shape index (κ1) is 25.7. The van der Waals surface area contributed by atoms with Gasteiger partial charge in [-0.3, -0.25) is 9.80 Å². The molecule has 1 saturated heterocycles. The zero-order chi connectivity index (χ0) is 26.7. The highest BCUT2D eigenvalue weighted by molar-refractivity contribution is 6.02. The summed E-state index contributed by atoms with van der Waals surface area (Å²) in [5.74, 6) is 0.904. The summed E-state index contributed by atoms with van der Waals surface area (Å²) in [7, 11) is 0. The molecule has 5 rings (SSSR count). The van der Waals surface area contributed by atoms with E-state index >= 15 is 0 Å². The van der Waals surface area contributed by atoms with Crippen LogP contribution < -0.4 is 20.7 Å². The fourth-order valence-electron chi connectivity index (χ4n) is 4.63. The van der Waals surface area contributed by atoms with Crippen molar-refractivity contribution in [3.8, 4) is 11.6 Å². The van der Waals surface area contributed by atoms with E-state index in [0.717, 1.165) is 18.1 Å². The lowest BCUT2D eigenvalue weighted by atomic mass is 10.0. The van der Waals surface area contributed by atoms with Gasteiger partial charge < -0.3 is 20.5 Å². The highest BCUT2D eigenvalue weighted by Crippen LogP contribution is 2.36. The largest absolute Gasteiger partial charge is 0.439 e. The van der Waals surface area contributed by atoms with Crippen molar-refractivity contribution in [3.63, 3.8) is 0 Å². The molecule has 2 amide bonds. The van der Waals surface area contributed by atoms with E-state index in [9.17, 15) is 18.0 Å². The Morgan fingerprint density at radius 1 is 1.11 bits per heavy atom. The summed E-state index contributed by atoms with van der Waals surface area (Å²) in [6.45, 7) is 2.74. The molecular weight excluding hydrogens is 501 g/mol. The van der Waals surface area contributed by atoms with E-state index in [-0.39, 0.29) is 23.7 Å². The van der Waals surface area contributed by atoms with Crippen LogP contribution in [-0.4, -0.2) is 53.7 Å². The number of rotatable bonds is 5. The van der Waals surface area contributed by atoms with Gasteiger partial charge in [-0.1, -0.05) is 6.07 Å². The van der Waals surface area contributed by atoms with Crippen molar-refractivity contribution >= 4 is 23.4 Å². The van der Waals surface area contributed by atoms with Crippen molar-refractivity contribution in [1.29, 1.82) is 0 Å². The van der Waals surface area contributed by atoms with Gasteiger partial charge in [-0.25, -0.2) is 9.78 Å². The highest BCUT2D eigenvalue weighted by atomic mass is 19.4. The van der Waals surface area contributed by atoms with Gasteiger partial charge in [0.2, 0.25) is 11.8 Å². The Hall–Kier alpha value is -3.90. The van der Waals surface area contributed by atoms with Crippen LogP contribution in [-0.2, 0) is 23.9 Å². The number of benzene rings is 2. The number of nitrogens with two attached hydrogens (primary N) is 1. The summed E-state index contributed by atoms with van der Waals surface area (Å²) in [6, 6.07) is 10.3. The van der Waals surface area contributed by atoms with Crippen LogP contribution in [0, 0.1) is 0 Å². The molecule has 3 N–H and O–H groups in total. The minimum absolute atomic E-state index is 0.0847. The summed E-state index contributed by atoms with van der Waals surface area (Å²) < 4.78 is 52.7. The van der Waals surface area contributed by atoms with Gasteiger partial charge in [0.1, 0.15) is 5.75 Å². The number of hydrogen-bond donors (Lipinski definition) is 2. The van der Waals surface area contributed by atoms with E-state index in [1.165, 1.54) is 23.2 Å². The molecule has 0 bridgehead atoms. The number of morpholine rings is 1. The van der Waals surface area contributed by atoms with Gasteiger partial charge in [-0.2, -0.15) is 18.2 Å². The first-order chi connectivity index (χ1) is 18.3. The standard InChI is InChI=1S/C26H27F3N6O3/c27-26(28,29)21-15-19(4-3-18(21)16-34-10-12-37-13-11-34)32-25(36)35-9-1-2-17-14-20(5-6-22(17)35)38-23-7-8-31-24(30)33-23/h3-8,14-15H,1-2,9-13,16H2,(H,32,36)(H2,30,31,33). The quantitative estimate of drug-likeness (QED) is 0.495. The average Bonchev–Trinajstić information content (AvgIpc) is 2.89.